The van der Waals surface area contributed by atoms with Crippen molar-refractivity contribution < 1.29 is 19.7 Å². The molecule has 0 amide bonds. The van der Waals surface area contributed by atoms with Crippen LogP contribution in [0.4, 0.5) is 11.4 Å². The van der Waals surface area contributed by atoms with Gasteiger partial charge in [0.05, 0.1) is 28.1 Å². The van der Waals surface area contributed by atoms with Crippen molar-refractivity contribution in [2.45, 2.75) is 0 Å². The minimum atomic E-state index is -0.125. The molecule has 248 valence electrons. The summed E-state index contributed by atoms with van der Waals surface area (Å²) in [6, 6.07) is 43.8. The summed E-state index contributed by atoms with van der Waals surface area (Å²) in [6.45, 7) is 0. The number of aromatic hydroxyl groups is 2. The van der Waals surface area contributed by atoms with Crippen molar-refractivity contribution in [1.29, 1.82) is 0 Å². The molecule has 0 unspecified atom stereocenters. The average molecular weight is 675 g/mol. The maximum atomic E-state index is 10.5. The van der Waals surface area contributed by atoms with Crippen LogP contribution in [0.25, 0.3) is 10.8 Å². The number of hydrogen-bond donors (Lipinski definition) is 4. The average Bonchev–Trinajstić information content (AvgIpc) is 3.17. The first-order valence-electron chi connectivity index (χ1n) is 16.3. The molecule has 6 heteroatoms. The van der Waals surface area contributed by atoms with Crippen LogP contribution < -0.4 is 20.9 Å². The summed E-state index contributed by atoms with van der Waals surface area (Å²) in [4.78, 5) is 0. The van der Waals surface area contributed by atoms with Crippen LogP contribution in [0.3, 0.4) is 0 Å². The number of hydrogen-bond acceptors (Lipinski definition) is 6. The highest BCUT2D eigenvalue weighted by molar-refractivity contribution is 6.02. The Balaban J connectivity index is 1.60. The maximum Gasteiger partial charge on any atom is 0.152 e. The molecule has 0 fully saturated rings. The molecule has 52 heavy (non-hydrogen) atoms. The van der Waals surface area contributed by atoms with Gasteiger partial charge in [-0.25, -0.2) is 0 Å². The third-order valence-corrected chi connectivity index (χ3v) is 8.02. The van der Waals surface area contributed by atoms with Gasteiger partial charge in [0, 0.05) is 39.6 Å². The summed E-state index contributed by atoms with van der Waals surface area (Å²) in [6.07, 6.45) is 0. The van der Waals surface area contributed by atoms with Gasteiger partial charge in [0.15, 0.2) is 5.75 Å². The lowest BCUT2D eigenvalue weighted by molar-refractivity contribution is 0.456. The van der Waals surface area contributed by atoms with E-state index in [0.717, 1.165) is 16.7 Å². The fraction of sp³-hybridized carbons (Fsp3) is 0. The summed E-state index contributed by atoms with van der Waals surface area (Å²) >= 11 is 0. The largest absolute Gasteiger partial charge is 0.506 e. The van der Waals surface area contributed by atoms with Crippen LogP contribution in [0.1, 0.15) is 33.4 Å². The van der Waals surface area contributed by atoms with E-state index in [9.17, 15) is 10.2 Å². The Labute approximate surface area is 301 Å². The molecular weight excluding hydrogens is 645 g/mol. The number of ether oxygens (including phenoxy) is 2. The van der Waals surface area contributed by atoms with Gasteiger partial charge in [0.25, 0.3) is 0 Å². The molecule has 0 aromatic heterocycles. The van der Waals surface area contributed by atoms with Crippen molar-refractivity contribution in [3.05, 3.63) is 179 Å². The third kappa shape index (κ3) is 7.31. The molecule has 0 saturated heterocycles. The van der Waals surface area contributed by atoms with Gasteiger partial charge in [-0.2, -0.15) is 0 Å². The minimum Gasteiger partial charge on any atom is -0.506 e. The van der Waals surface area contributed by atoms with Crippen molar-refractivity contribution in [3.8, 4) is 70.0 Å². The van der Waals surface area contributed by atoms with Crippen molar-refractivity contribution in [3.63, 3.8) is 0 Å². The number of rotatable bonds is 4. The zero-order chi connectivity index (χ0) is 35.9. The Hall–Kier alpha value is -7.72. The van der Waals surface area contributed by atoms with E-state index in [1.807, 2.05) is 109 Å². The Morgan fingerprint density at radius 2 is 0.885 bits per heavy atom. The van der Waals surface area contributed by atoms with E-state index in [4.69, 9.17) is 20.9 Å². The highest BCUT2D eigenvalue weighted by Crippen LogP contribution is 2.44. The molecule has 0 radical (unpaired) electrons. The summed E-state index contributed by atoms with van der Waals surface area (Å²) in [5.74, 6) is 21.4. The van der Waals surface area contributed by atoms with E-state index < -0.39 is 0 Å². The lowest BCUT2D eigenvalue weighted by Crippen LogP contribution is -2.01. The maximum absolute atomic E-state index is 10.5. The molecule has 6 N–H and O–H groups in total. The molecule has 0 aliphatic carbocycles. The second kappa shape index (κ2) is 14.8. The normalized spacial score (nSPS) is 10.2. The predicted molar refractivity (Wildman–Crippen MR) is 206 cm³/mol. The molecule has 0 atom stereocenters. The first-order valence-corrected chi connectivity index (χ1v) is 16.3. The second-order valence-corrected chi connectivity index (χ2v) is 11.6. The van der Waals surface area contributed by atoms with E-state index in [-0.39, 0.29) is 22.9 Å². The smallest absolute Gasteiger partial charge is 0.152 e. The monoisotopic (exact) mass is 674 g/mol. The van der Waals surface area contributed by atoms with Crippen molar-refractivity contribution in [2.75, 3.05) is 11.5 Å². The zero-order valence-corrected chi connectivity index (χ0v) is 27.7. The molecule has 6 nitrogen and oxygen atoms in total. The van der Waals surface area contributed by atoms with E-state index in [2.05, 4.69) is 35.5 Å². The van der Waals surface area contributed by atoms with Crippen LogP contribution in [0.15, 0.2) is 146 Å². The predicted octanol–water partition coefficient (Wildman–Crippen LogP) is 9.20. The number of phenolic OH excluding ortho intramolecular Hbond substituents is 2. The first kappa shape index (κ1) is 32.8. The van der Waals surface area contributed by atoms with Crippen LogP contribution in [0, 0.1) is 35.5 Å². The van der Waals surface area contributed by atoms with Gasteiger partial charge in [0.1, 0.15) is 28.7 Å². The van der Waals surface area contributed by atoms with Gasteiger partial charge < -0.3 is 31.2 Å². The topological polar surface area (TPSA) is 111 Å². The van der Waals surface area contributed by atoms with Crippen LogP contribution in [0.2, 0.25) is 0 Å². The van der Waals surface area contributed by atoms with E-state index in [1.54, 1.807) is 24.3 Å². The lowest BCUT2D eigenvalue weighted by atomic mass is 9.91. The van der Waals surface area contributed by atoms with Gasteiger partial charge >= 0.3 is 0 Å². The van der Waals surface area contributed by atoms with E-state index >= 15 is 0 Å². The number of benzene rings is 7. The van der Waals surface area contributed by atoms with E-state index in [0.29, 0.717) is 50.5 Å². The number of nitrogens with two attached hydrogens (primary N) is 2. The number of phenols is 2. The minimum absolute atomic E-state index is 0.109. The Morgan fingerprint density at radius 1 is 0.423 bits per heavy atom. The second-order valence-electron chi connectivity index (χ2n) is 11.6. The fourth-order valence-electron chi connectivity index (χ4n) is 5.42. The summed E-state index contributed by atoms with van der Waals surface area (Å²) in [5, 5.41) is 22.2. The molecule has 7 aromatic carbocycles. The molecule has 0 saturated carbocycles. The highest BCUT2D eigenvalue weighted by atomic mass is 16.5. The van der Waals surface area contributed by atoms with Crippen molar-refractivity contribution >= 4 is 22.1 Å². The fourth-order valence-corrected chi connectivity index (χ4v) is 5.42. The third-order valence-electron chi connectivity index (χ3n) is 8.02. The van der Waals surface area contributed by atoms with Crippen molar-refractivity contribution in [2.24, 2.45) is 0 Å². The SMILES string of the molecule is Nc1ccc(Oc2c(C#Cc3ccccc3)c(C#Cc3ccccc3)c(C#Cc3ccccc3)c3c(Oc4ccc(N)c(O)c4)cccc23)cc1O. The molecule has 7 rings (SSSR count). The highest BCUT2D eigenvalue weighted by Gasteiger charge is 2.23. The van der Waals surface area contributed by atoms with Gasteiger partial charge in [0.2, 0.25) is 0 Å². The Morgan fingerprint density at radius 3 is 1.38 bits per heavy atom. The molecule has 7 aromatic rings. The Kier molecular flexibility index (Phi) is 9.34. The van der Waals surface area contributed by atoms with Gasteiger partial charge in [-0.15, -0.1) is 0 Å². The molecular formula is C46H30N2O4. The number of anilines is 2. The quantitative estimate of drug-likeness (QED) is 0.0842. The number of fused-ring (bicyclic) bond motifs is 1. The molecule has 0 heterocycles. The Bertz CT molecular complexity index is 2620. The summed E-state index contributed by atoms with van der Waals surface area (Å²) < 4.78 is 13.1. The zero-order valence-electron chi connectivity index (χ0n) is 27.7. The summed E-state index contributed by atoms with van der Waals surface area (Å²) in [5.41, 5.74) is 16.2. The van der Waals surface area contributed by atoms with E-state index in [1.165, 1.54) is 12.1 Å². The standard InChI is InChI=1S/C46H30N2O4/c47-40-27-22-34(29-42(40)49)51-44-18-10-17-39-45(44)37(25-20-32-13-6-2-7-14-32)36(24-19-31-11-4-1-5-12-31)38(26-21-33-15-8-3-9-16-33)46(39)52-35-23-28-41(48)43(50)30-35/h1-18,22-23,27-30,49-50H,47-48H2. The molecule has 0 aliphatic rings. The van der Waals surface area contributed by atoms with Crippen LogP contribution in [0.5, 0.6) is 34.5 Å². The molecule has 0 spiro atoms. The first-order chi connectivity index (χ1) is 25.4. The number of nitrogen functional groups attached to an aromatic ring is 2. The lowest BCUT2D eigenvalue weighted by Gasteiger charge is -2.18. The summed E-state index contributed by atoms with van der Waals surface area (Å²) in [7, 11) is 0. The van der Waals surface area contributed by atoms with Gasteiger partial charge in [-0.3, -0.25) is 0 Å². The van der Waals surface area contributed by atoms with Crippen LogP contribution in [-0.4, -0.2) is 10.2 Å². The molecule has 0 aliphatic heterocycles. The van der Waals surface area contributed by atoms with Crippen LogP contribution >= 0.6 is 0 Å². The van der Waals surface area contributed by atoms with Gasteiger partial charge in [-0.05, 0) is 66.7 Å². The van der Waals surface area contributed by atoms with Crippen molar-refractivity contribution in [1.82, 2.24) is 0 Å². The van der Waals surface area contributed by atoms with Crippen LogP contribution in [-0.2, 0) is 0 Å². The molecule has 0 bridgehead atoms. The van der Waals surface area contributed by atoms with Gasteiger partial charge in [-0.1, -0.05) is 102 Å².